The van der Waals surface area contributed by atoms with Crippen molar-refractivity contribution in [1.29, 1.82) is 0 Å². The highest BCUT2D eigenvalue weighted by atomic mass is 16.5. The molecule has 1 aromatic carbocycles. The van der Waals surface area contributed by atoms with Crippen LogP contribution in [-0.4, -0.2) is 23.2 Å². The Morgan fingerprint density at radius 2 is 2.06 bits per heavy atom. The number of carbonyl (C=O) groups excluding carboxylic acids is 1. The van der Waals surface area contributed by atoms with Gasteiger partial charge in [0.25, 0.3) is 5.91 Å². The maximum absolute atomic E-state index is 11.7. The largest absolute Gasteiger partial charge is 0.497 e. The van der Waals surface area contributed by atoms with Gasteiger partial charge in [-0.3, -0.25) is 9.89 Å². The van der Waals surface area contributed by atoms with E-state index in [4.69, 9.17) is 4.74 Å². The van der Waals surface area contributed by atoms with Crippen LogP contribution < -0.4 is 10.1 Å². The van der Waals surface area contributed by atoms with E-state index in [1.807, 2.05) is 0 Å². The lowest BCUT2D eigenvalue weighted by Gasteiger charge is -2.03. The number of aromatic nitrogens is 2. The Morgan fingerprint density at radius 1 is 1.31 bits per heavy atom. The molecule has 2 rings (SSSR count). The normalized spacial score (nSPS) is 9.81. The Hall–Kier alpha value is -2.30. The fourth-order valence-electron chi connectivity index (χ4n) is 1.26. The van der Waals surface area contributed by atoms with Crippen molar-refractivity contribution in [2.24, 2.45) is 0 Å². The number of aromatic amines is 1. The van der Waals surface area contributed by atoms with Gasteiger partial charge < -0.3 is 10.1 Å². The van der Waals surface area contributed by atoms with E-state index in [9.17, 15) is 4.79 Å². The lowest BCUT2D eigenvalue weighted by atomic mass is 10.2. The van der Waals surface area contributed by atoms with E-state index in [1.54, 1.807) is 43.6 Å². The summed E-state index contributed by atoms with van der Waals surface area (Å²) in [6.45, 7) is 0. The molecule has 16 heavy (non-hydrogen) atoms. The minimum Gasteiger partial charge on any atom is -0.497 e. The molecule has 0 fully saturated rings. The monoisotopic (exact) mass is 217 g/mol. The first kappa shape index (κ1) is 10.2. The number of ether oxygens (including phenoxy) is 1. The summed E-state index contributed by atoms with van der Waals surface area (Å²) in [6, 6.07) is 8.56. The number of nitrogens with zero attached hydrogens (tertiary/aromatic N) is 1. The van der Waals surface area contributed by atoms with Crippen LogP contribution in [-0.2, 0) is 0 Å². The van der Waals surface area contributed by atoms with Crippen LogP contribution in [0, 0.1) is 0 Å². The fourth-order valence-corrected chi connectivity index (χ4v) is 1.26. The number of methoxy groups -OCH3 is 1. The minimum atomic E-state index is -0.188. The van der Waals surface area contributed by atoms with Crippen LogP contribution in [0.25, 0.3) is 0 Å². The zero-order valence-electron chi connectivity index (χ0n) is 8.73. The maximum Gasteiger partial charge on any atom is 0.256 e. The van der Waals surface area contributed by atoms with Gasteiger partial charge in [-0.15, -0.1) is 0 Å². The van der Waals surface area contributed by atoms with Crippen molar-refractivity contribution in [3.63, 3.8) is 0 Å². The van der Waals surface area contributed by atoms with E-state index in [0.29, 0.717) is 11.4 Å². The first-order valence-corrected chi connectivity index (χ1v) is 4.74. The molecule has 0 aliphatic heterocycles. The molecule has 0 atom stereocenters. The third-order valence-electron chi connectivity index (χ3n) is 2.10. The summed E-state index contributed by atoms with van der Waals surface area (Å²) >= 11 is 0. The number of benzene rings is 1. The standard InChI is InChI=1S/C11H11N3O2/c1-16-9-4-2-8(3-5-9)11(15)13-10-6-7-12-14-10/h2-7H,1H3,(H2,12,13,14,15). The number of nitrogens with one attached hydrogen (secondary N) is 2. The molecule has 0 aliphatic rings. The number of hydrogen-bond acceptors (Lipinski definition) is 3. The third-order valence-corrected chi connectivity index (χ3v) is 2.10. The van der Waals surface area contributed by atoms with E-state index < -0.39 is 0 Å². The van der Waals surface area contributed by atoms with Crippen molar-refractivity contribution in [3.05, 3.63) is 42.1 Å². The number of hydrogen-bond donors (Lipinski definition) is 2. The number of carbonyl (C=O) groups is 1. The summed E-state index contributed by atoms with van der Waals surface area (Å²) in [4.78, 5) is 11.7. The molecule has 82 valence electrons. The second-order valence-corrected chi connectivity index (χ2v) is 3.15. The van der Waals surface area contributed by atoms with Crippen molar-refractivity contribution in [1.82, 2.24) is 10.2 Å². The summed E-state index contributed by atoms with van der Waals surface area (Å²) < 4.78 is 5.01. The van der Waals surface area contributed by atoms with E-state index >= 15 is 0 Å². The predicted octanol–water partition coefficient (Wildman–Crippen LogP) is 1.67. The molecular weight excluding hydrogens is 206 g/mol. The average molecular weight is 217 g/mol. The van der Waals surface area contributed by atoms with E-state index in [-0.39, 0.29) is 5.91 Å². The Balaban J connectivity index is 2.09. The minimum absolute atomic E-state index is 0.188. The molecule has 1 amide bonds. The lowest BCUT2D eigenvalue weighted by Crippen LogP contribution is -2.11. The summed E-state index contributed by atoms with van der Waals surface area (Å²) in [5.41, 5.74) is 0.565. The van der Waals surface area contributed by atoms with E-state index in [1.165, 1.54) is 0 Å². The second kappa shape index (κ2) is 4.48. The van der Waals surface area contributed by atoms with Crippen molar-refractivity contribution in [3.8, 4) is 5.75 Å². The molecule has 2 aromatic rings. The van der Waals surface area contributed by atoms with Gasteiger partial charge in [0.15, 0.2) is 0 Å². The summed E-state index contributed by atoms with van der Waals surface area (Å²) in [7, 11) is 1.58. The van der Waals surface area contributed by atoms with Gasteiger partial charge in [0.1, 0.15) is 11.6 Å². The average Bonchev–Trinajstić information content (AvgIpc) is 2.82. The van der Waals surface area contributed by atoms with Gasteiger partial charge >= 0.3 is 0 Å². The Labute approximate surface area is 92.4 Å². The number of H-pyrrole nitrogens is 1. The SMILES string of the molecule is COc1ccc(C(=O)Nc2ccn[nH]2)cc1. The van der Waals surface area contributed by atoms with Gasteiger partial charge in [-0.1, -0.05) is 0 Å². The first-order chi connectivity index (χ1) is 7.79. The molecule has 0 aliphatic carbocycles. The fraction of sp³-hybridized carbons (Fsp3) is 0.0909. The molecule has 1 aromatic heterocycles. The molecule has 5 nitrogen and oxygen atoms in total. The van der Waals surface area contributed by atoms with Crippen LogP contribution in [0.1, 0.15) is 10.4 Å². The molecule has 5 heteroatoms. The molecule has 2 N–H and O–H groups in total. The van der Waals surface area contributed by atoms with Crippen LogP contribution in [0.15, 0.2) is 36.5 Å². The predicted molar refractivity (Wildman–Crippen MR) is 59.5 cm³/mol. The number of anilines is 1. The van der Waals surface area contributed by atoms with Gasteiger partial charge in [-0.2, -0.15) is 5.10 Å². The van der Waals surface area contributed by atoms with Crippen molar-refractivity contribution < 1.29 is 9.53 Å². The zero-order valence-corrected chi connectivity index (χ0v) is 8.73. The molecule has 0 unspecified atom stereocenters. The van der Waals surface area contributed by atoms with Crippen LogP contribution in [0.2, 0.25) is 0 Å². The molecule has 0 radical (unpaired) electrons. The zero-order chi connectivity index (χ0) is 11.4. The quantitative estimate of drug-likeness (QED) is 0.821. The van der Waals surface area contributed by atoms with E-state index in [0.717, 1.165) is 5.75 Å². The number of amides is 1. The van der Waals surface area contributed by atoms with Crippen LogP contribution in [0.3, 0.4) is 0 Å². The van der Waals surface area contributed by atoms with E-state index in [2.05, 4.69) is 15.5 Å². The summed E-state index contributed by atoms with van der Waals surface area (Å²) in [6.07, 6.45) is 1.57. The Morgan fingerprint density at radius 3 is 2.62 bits per heavy atom. The Bertz CT molecular complexity index is 462. The van der Waals surface area contributed by atoms with Crippen LogP contribution >= 0.6 is 0 Å². The van der Waals surface area contributed by atoms with Crippen LogP contribution in [0.4, 0.5) is 5.82 Å². The van der Waals surface area contributed by atoms with Gasteiger partial charge in [-0.25, -0.2) is 0 Å². The summed E-state index contributed by atoms with van der Waals surface area (Å²) in [5, 5.41) is 9.07. The third kappa shape index (κ3) is 2.20. The Kier molecular flexibility index (Phi) is 2.86. The smallest absolute Gasteiger partial charge is 0.256 e. The molecule has 0 spiro atoms. The maximum atomic E-state index is 11.7. The van der Waals surface area contributed by atoms with Crippen molar-refractivity contribution in [2.75, 3.05) is 12.4 Å². The second-order valence-electron chi connectivity index (χ2n) is 3.15. The number of rotatable bonds is 3. The van der Waals surface area contributed by atoms with Gasteiger partial charge in [-0.05, 0) is 24.3 Å². The topological polar surface area (TPSA) is 67.0 Å². The highest BCUT2D eigenvalue weighted by Gasteiger charge is 2.06. The van der Waals surface area contributed by atoms with Gasteiger partial charge in [0, 0.05) is 11.6 Å². The highest BCUT2D eigenvalue weighted by Crippen LogP contribution is 2.12. The van der Waals surface area contributed by atoms with Gasteiger partial charge in [0.2, 0.25) is 0 Å². The highest BCUT2D eigenvalue weighted by molar-refractivity contribution is 6.03. The molecular formula is C11H11N3O2. The van der Waals surface area contributed by atoms with Crippen molar-refractivity contribution in [2.45, 2.75) is 0 Å². The molecule has 1 heterocycles. The molecule has 0 saturated carbocycles. The molecule has 0 bridgehead atoms. The first-order valence-electron chi connectivity index (χ1n) is 4.74. The molecule has 0 saturated heterocycles. The van der Waals surface area contributed by atoms with Crippen LogP contribution in [0.5, 0.6) is 5.75 Å². The lowest BCUT2D eigenvalue weighted by molar-refractivity contribution is 0.102. The summed E-state index contributed by atoms with van der Waals surface area (Å²) in [5.74, 6) is 1.10. The van der Waals surface area contributed by atoms with Crippen molar-refractivity contribution >= 4 is 11.7 Å². The van der Waals surface area contributed by atoms with Gasteiger partial charge in [0.05, 0.1) is 13.3 Å².